The maximum atomic E-state index is 5.70. The van der Waals surface area contributed by atoms with E-state index in [0.717, 1.165) is 10.6 Å². The highest BCUT2D eigenvalue weighted by Crippen LogP contribution is 2.09. The van der Waals surface area contributed by atoms with Crippen LogP contribution in [-0.2, 0) is 11.4 Å². The summed E-state index contributed by atoms with van der Waals surface area (Å²) < 4.78 is 0. The normalized spacial score (nSPS) is 10.5. The second-order valence-electron chi connectivity index (χ2n) is 2.26. The Hall–Kier alpha value is -1.02. The van der Waals surface area contributed by atoms with E-state index in [2.05, 4.69) is 5.16 Å². The van der Waals surface area contributed by atoms with E-state index >= 15 is 0 Å². The summed E-state index contributed by atoms with van der Waals surface area (Å²) in [6.07, 6.45) is 1.61. The van der Waals surface area contributed by atoms with Crippen LogP contribution in [0.5, 0.6) is 0 Å². The molecule has 3 heteroatoms. The Bertz CT molecular complexity index is 256. The van der Waals surface area contributed by atoms with E-state index < -0.39 is 0 Å². The van der Waals surface area contributed by atoms with E-state index in [0.29, 0.717) is 6.61 Å². The van der Waals surface area contributed by atoms with Gasteiger partial charge in [0.1, 0.15) is 6.61 Å². The third-order valence-corrected chi connectivity index (χ3v) is 1.58. The lowest BCUT2D eigenvalue weighted by molar-refractivity contribution is 0.132. The van der Waals surface area contributed by atoms with Crippen LogP contribution in [0.25, 0.3) is 0 Å². The van der Waals surface area contributed by atoms with Gasteiger partial charge in [0, 0.05) is 11.2 Å². The Balaban J connectivity index is 2.47. The molecule has 0 saturated carbocycles. The van der Waals surface area contributed by atoms with Crippen molar-refractivity contribution in [1.82, 2.24) is 0 Å². The average molecular weight is 184 g/mol. The van der Waals surface area contributed by atoms with Gasteiger partial charge < -0.3 is 4.84 Å². The van der Waals surface area contributed by atoms with E-state index in [1.807, 2.05) is 31.2 Å². The zero-order valence-corrected chi connectivity index (χ0v) is 7.58. The molecule has 1 aromatic carbocycles. The number of nitrogens with zero attached hydrogens (tertiary/aromatic N) is 1. The lowest BCUT2D eigenvalue weighted by Crippen LogP contribution is -1.85. The molecular formula is C9H10ClNO. The average Bonchev–Trinajstić information content (AvgIpc) is 2.09. The maximum absolute atomic E-state index is 5.70. The van der Waals surface area contributed by atoms with Crippen LogP contribution >= 0.6 is 11.6 Å². The summed E-state index contributed by atoms with van der Waals surface area (Å²) in [6.45, 7) is 2.30. The van der Waals surface area contributed by atoms with Crippen molar-refractivity contribution < 1.29 is 4.84 Å². The number of hydrogen-bond donors (Lipinski definition) is 0. The zero-order valence-electron chi connectivity index (χ0n) is 6.83. The second-order valence-corrected chi connectivity index (χ2v) is 2.70. The molecule has 2 nitrogen and oxygen atoms in total. The fourth-order valence-corrected chi connectivity index (χ4v) is 0.893. The minimum absolute atomic E-state index is 0.488. The summed E-state index contributed by atoms with van der Waals surface area (Å²) in [5, 5.41) is 4.37. The molecule has 0 fully saturated rings. The molecule has 0 unspecified atom stereocenters. The van der Waals surface area contributed by atoms with Crippen molar-refractivity contribution in [2.24, 2.45) is 5.16 Å². The molecule has 0 aliphatic rings. The lowest BCUT2D eigenvalue weighted by atomic mass is 10.2. The van der Waals surface area contributed by atoms with Crippen molar-refractivity contribution in [1.29, 1.82) is 0 Å². The summed E-state index contributed by atoms with van der Waals surface area (Å²) in [6, 6.07) is 7.48. The lowest BCUT2D eigenvalue weighted by Gasteiger charge is -1.98. The van der Waals surface area contributed by atoms with E-state index in [4.69, 9.17) is 16.4 Å². The van der Waals surface area contributed by atoms with Crippen molar-refractivity contribution in [2.45, 2.75) is 13.5 Å². The van der Waals surface area contributed by atoms with E-state index in [1.54, 1.807) is 6.21 Å². The van der Waals surface area contributed by atoms with Gasteiger partial charge in [-0.1, -0.05) is 28.9 Å². The smallest absolute Gasteiger partial charge is 0.142 e. The number of oxime groups is 1. The van der Waals surface area contributed by atoms with Crippen molar-refractivity contribution in [2.75, 3.05) is 0 Å². The minimum atomic E-state index is 0.488. The first-order valence-corrected chi connectivity index (χ1v) is 4.05. The summed E-state index contributed by atoms with van der Waals surface area (Å²) in [7, 11) is 0. The van der Waals surface area contributed by atoms with Gasteiger partial charge in [0.2, 0.25) is 0 Å². The molecule has 0 radical (unpaired) electrons. The highest BCUT2D eigenvalue weighted by atomic mass is 35.5. The van der Waals surface area contributed by atoms with Crippen LogP contribution in [0.4, 0.5) is 0 Å². The molecular weight excluding hydrogens is 174 g/mol. The highest BCUT2D eigenvalue weighted by Gasteiger charge is 1.91. The van der Waals surface area contributed by atoms with Gasteiger partial charge in [0.15, 0.2) is 0 Å². The molecule has 0 aliphatic carbocycles. The van der Waals surface area contributed by atoms with Gasteiger partial charge in [-0.25, -0.2) is 0 Å². The van der Waals surface area contributed by atoms with Gasteiger partial charge in [0.05, 0.1) is 0 Å². The van der Waals surface area contributed by atoms with Crippen molar-refractivity contribution >= 4 is 17.8 Å². The summed E-state index contributed by atoms with van der Waals surface area (Å²) in [5.41, 5.74) is 1.06. The Morgan fingerprint density at radius 2 is 2.08 bits per heavy atom. The monoisotopic (exact) mass is 183 g/mol. The number of rotatable bonds is 3. The number of benzene rings is 1. The first-order valence-electron chi connectivity index (χ1n) is 3.67. The van der Waals surface area contributed by atoms with Crippen molar-refractivity contribution in [3.63, 3.8) is 0 Å². The number of halogens is 1. The van der Waals surface area contributed by atoms with Gasteiger partial charge in [-0.05, 0) is 24.6 Å². The quantitative estimate of drug-likeness (QED) is 0.522. The molecule has 12 heavy (non-hydrogen) atoms. The predicted octanol–water partition coefficient (Wildman–Crippen LogP) is 2.86. The van der Waals surface area contributed by atoms with Gasteiger partial charge in [-0.15, -0.1) is 0 Å². The third-order valence-electron chi connectivity index (χ3n) is 1.32. The Kier molecular flexibility index (Phi) is 3.61. The molecule has 64 valence electrons. The molecule has 0 aromatic heterocycles. The molecule has 0 bridgehead atoms. The second kappa shape index (κ2) is 4.78. The number of hydrogen-bond acceptors (Lipinski definition) is 2. The van der Waals surface area contributed by atoms with Gasteiger partial charge in [0.25, 0.3) is 0 Å². The first-order chi connectivity index (χ1) is 5.83. The van der Waals surface area contributed by atoms with Crippen LogP contribution in [0, 0.1) is 0 Å². The van der Waals surface area contributed by atoms with Crippen LogP contribution in [-0.4, -0.2) is 6.21 Å². The molecule has 0 saturated heterocycles. The van der Waals surface area contributed by atoms with Crippen molar-refractivity contribution in [3.8, 4) is 0 Å². The summed E-state index contributed by atoms with van der Waals surface area (Å²) in [4.78, 5) is 4.94. The van der Waals surface area contributed by atoms with Crippen LogP contribution in [0.1, 0.15) is 12.5 Å². The maximum Gasteiger partial charge on any atom is 0.142 e. The van der Waals surface area contributed by atoms with Crippen LogP contribution in [0.2, 0.25) is 5.02 Å². The van der Waals surface area contributed by atoms with Gasteiger partial charge in [-0.2, -0.15) is 0 Å². The fourth-order valence-electron chi connectivity index (χ4n) is 0.767. The van der Waals surface area contributed by atoms with E-state index in [-0.39, 0.29) is 0 Å². The first kappa shape index (κ1) is 9.07. The molecule has 1 rings (SSSR count). The molecule has 0 spiro atoms. The fraction of sp³-hybridized carbons (Fsp3) is 0.222. The Morgan fingerprint density at radius 3 is 2.67 bits per heavy atom. The van der Waals surface area contributed by atoms with Crippen LogP contribution in [0.3, 0.4) is 0 Å². The van der Waals surface area contributed by atoms with Crippen LogP contribution < -0.4 is 0 Å². The molecule has 0 aliphatic heterocycles. The predicted molar refractivity (Wildman–Crippen MR) is 50.4 cm³/mol. The molecule has 0 heterocycles. The standard InChI is InChI=1S/C9H10ClNO/c1-2-11-12-7-8-3-5-9(10)6-4-8/h2-6H,7H2,1H3/b11-2+. The van der Waals surface area contributed by atoms with Gasteiger partial charge in [-0.3, -0.25) is 0 Å². The largest absolute Gasteiger partial charge is 0.391 e. The molecule has 0 atom stereocenters. The minimum Gasteiger partial charge on any atom is -0.391 e. The molecule has 0 amide bonds. The van der Waals surface area contributed by atoms with Gasteiger partial charge >= 0.3 is 0 Å². The summed E-state index contributed by atoms with van der Waals surface area (Å²) in [5.74, 6) is 0. The Labute approximate surface area is 76.8 Å². The van der Waals surface area contributed by atoms with Crippen LogP contribution in [0.15, 0.2) is 29.4 Å². The SMILES string of the molecule is C/C=N/OCc1ccc(Cl)cc1. The third kappa shape index (κ3) is 2.93. The highest BCUT2D eigenvalue weighted by molar-refractivity contribution is 6.30. The molecule has 1 aromatic rings. The van der Waals surface area contributed by atoms with E-state index in [9.17, 15) is 0 Å². The Morgan fingerprint density at radius 1 is 1.42 bits per heavy atom. The molecule has 0 N–H and O–H groups in total. The van der Waals surface area contributed by atoms with Crippen molar-refractivity contribution in [3.05, 3.63) is 34.9 Å². The van der Waals surface area contributed by atoms with E-state index in [1.165, 1.54) is 0 Å². The zero-order chi connectivity index (χ0) is 8.81. The summed E-state index contributed by atoms with van der Waals surface area (Å²) >= 11 is 5.70. The topological polar surface area (TPSA) is 21.6 Å².